The zero-order valence-electron chi connectivity index (χ0n) is 13.1. The summed E-state index contributed by atoms with van der Waals surface area (Å²) < 4.78 is 18.3. The first-order valence-electron chi connectivity index (χ1n) is 6.90. The molecule has 0 heterocycles. The maximum Gasteiger partial charge on any atom is 0.319 e. The van der Waals surface area contributed by atoms with Crippen LogP contribution in [-0.2, 0) is 14.3 Å². The Kier molecular flexibility index (Phi) is 5.47. The number of aryl methyl sites for hydroxylation is 1. The topological polar surface area (TPSA) is 55.4 Å². The molecule has 0 saturated heterocycles. The van der Waals surface area contributed by atoms with Gasteiger partial charge in [-0.3, -0.25) is 9.59 Å². The number of carbonyl (C=O) groups excluding carboxylic acids is 2. The van der Waals surface area contributed by atoms with Crippen LogP contribution in [0.4, 0.5) is 10.1 Å². The third kappa shape index (κ3) is 4.85. The third-order valence-corrected chi connectivity index (χ3v) is 2.96. The molecule has 116 valence electrons. The highest BCUT2D eigenvalue weighted by atomic mass is 19.1. The van der Waals surface area contributed by atoms with Crippen molar-refractivity contribution in [2.45, 2.75) is 34.6 Å². The van der Waals surface area contributed by atoms with Crippen LogP contribution < -0.4 is 5.32 Å². The van der Waals surface area contributed by atoms with E-state index in [1.165, 1.54) is 12.1 Å². The van der Waals surface area contributed by atoms with Crippen LogP contribution in [0.1, 0.15) is 33.3 Å². The van der Waals surface area contributed by atoms with Gasteiger partial charge in [-0.25, -0.2) is 4.39 Å². The van der Waals surface area contributed by atoms with Crippen molar-refractivity contribution >= 4 is 17.6 Å². The summed E-state index contributed by atoms with van der Waals surface area (Å²) in [6.45, 7) is 8.97. The van der Waals surface area contributed by atoms with Gasteiger partial charge in [-0.2, -0.15) is 0 Å². The lowest BCUT2D eigenvalue weighted by Gasteiger charge is -2.27. The largest absolute Gasteiger partial charge is 0.465 e. The minimum atomic E-state index is -0.957. The van der Waals surface area contributed by atoms with Crippen LogP contribution in [0.25, 0.3) is 0 Å². The third-order valence-electron chi connectivity index (χ3n) is 2.96. The van der Waals surface area contributed by atoms with Gasteiger partial charge in [0.2, 0.25) is 5.91 Å². The van der Waals surface area contributed by atoms with E-state index < -0.39 is 29.0 Å². The molecule has 0 fully saturated rings. The Morgan fingerprint density at radius 1 is 1.29 bits per heavy atom. The zero-order valence-corrected chi connectivity index (χ0v) is 13.1. The number of carbonyl (C=O) groups is 2. The minimum absolute atomic E-state index is 0.206. The summed E-state index contributed by atoms with van der Waals surface area (Å²) >= 11 is 0. The highest BCUT2D eigenvalue weighted by molar-refractivity contribution is 6.05. The maximum atomic E-state index is 13.3. The van der Waals surface area contributed by atoms with Crippen LogP contribution in [0.3, 0.4) is 0 Å². The number of benzene rings is 1. The van der Waals surface area contributed by atoms with E-state index in [0.29, 0.717) is 11.3 Å². The van der Waals surface area contributed by atoms with E-state index in [4.69, 9.17) is 4.74 Å². The highest BCUT2D eigenvalue weighted by Crippen LogP contribution is 2.28. The van der Waals surface area contributed by atoms with Crippen LogP contribution in [0, 0.1) is 24.1 Å². The molecule has 0 saturated carbocycles. The first-order valence-corrected chi connectivity index (χ1v) is 6.90. The number of halogens is 1. The van der Waals surface area contributed by atoms with Crippen molar-refractivity contribution in [1.29, 1.82) is 0 Å². The summed E-state index contributed by atoms with van der Waals surface area (Å²) in [5, 5.41) is 2.59. The van der Waals surface area contributed by atoms with Gasteiger partial charge in [-0.05, 0) is 43.0 Å². The fourth-order valence-electron chi connectivity index (χ4n) is 2.10. The second kappa shape index (κ2) is 6.70. The lowest BCUT2D eigenvalue weighted by molar-refractivity contribution is -0.155. The molecule has 0 aliphatic carbocycles. The van der Waals surface area contributed by atoms with Gasteiger partial charge in [0.05, 0.1) is 6.61 Å². The van der Waals surface area contributed by atoms with Crippen molar-refractivity contribution in [3.63, 3.8) is 0 Å². The van der Waals surface area contributed by atoms with Crippen LogP contribution in [0.5, 0.6) is 0 Å². The number of nitrogens with one attached hydrogen (secondary N) is 1. The van der Waals surface area contributed by atoms with Gasteiger partial charge in [-0.1, -0.05) is 20.8 Å². The molecule has 0 radical (unpaired) electrons. The van der Waals surface area contributed by atoms with Gasteiger partial charge in [0, 0.05) is 5.69 Å². The van der Waals surface area contributed by atoms with Crippen molar-refractivity contribution in [2.24, 2.45) is 11.3 Å². The van der Waals surface area contributed by atoms with E-state index in [1.807, 2.05) is 0 Å². The number of ether oxygens (including phenoxy) is 1. The van der Waals surface area contributed by atoms with Gasteiger partial charge in [0.1, 0.15) is 11.7 Å². The van der Waals surface area contributed by atoms with Crippen LogP contribution in [0.2, 0.25) is 0 Å². The lowest BCUT2D eigenvalue weighted by Crippen LogP contribution is -2.40. The molecule has 4 nitrogen and oxygen atoms in total. The fraction of sp³-hybridized carbons (Fsp3) is 0.500. The molecule has 21 heavy (non-hydrogen) atoms. The highest BCUT2D eigenvalue weighted by Gasteiger charge is 2.38. The zero-order chi connectivity index (χ0) is 16.2. The standard InChI is InChI=1S/C16H22FNO3/c1-6-21-15(20)13(16(3,4)5)14(19)18-12-8-10(2)7-11(17)9-12/h7-9,13H,6H2,1-5H3,(H,18,19). The molecule has 0 aliphatic rings. The van der Waals surface area contributed by atoms with E-state index in [-0.39, 0.29) is 6.61 Å². The van der Waals surface area contributed by atoms with Crippen LogP contribution in [0.15, 0.2) is 18.2 Å². The van der Waals surface area contributed by atoms with E-state index in [9.17, 15) is 14.0 Å². The molecule has 1 aromatic rings. The summed E-state index contributed by atoms with van der Waals surface area (Å²) in [6.07, 6.45) is 0. The fourth-order valence-corrected chi connectivity index (χ4v) is 2.10. The van der Waals surface area contributed by atoms with Gasteiger partial charge in [0.25, 0.3) is 0 Å². The predicted molar refractivity (Wildman–Crippen MR) is 79.3 cm³/mol. The lowest BCUT2D eigenvalue weighted by atomic mass is 9.80. The quantitative estimate of drug-likeness (QED) is 0.685. The summed E-state index contributed by atoms with van der Waals surface area (Å²) in [4.78, 5) is 24.4. The van der Waals surface area contributed by atoms with Crippen molar-refractivity contribution < 1.29 is 18.7 Å². The number of esters is 1. The second-order valence-electron chi connectivity index (χ2n) is 6.06. The monoisotopic (exact) mass is 295 g/mol. The molecule has 0 aliphatic heterocycles. The average Bonchev–Trinajstić information content (AvgIpc) is 2.25. The molecule has 0 aromatic heterocycles. The molecular formula is C16H22FNO3. The molecule has 1 amide bonds. The number of anilines is 1. The average molecular weight is 295 g/mol. The summed E-state index contributed by atoms with van der Waals surface area (Å²) in [6, 6.07) is 4.23. The molecule has 5 heteroatoms. The van der Waals surface area contributed by atoms with Crippen LogP contribution in [-0.4, -0.2) is 18.5 Å². The van der Waals surface area contributed by atoms with E-state index >= 15 is 0 Å². The summed E-state index contributed by atoms with van der Waals surface area (Å²) in [7, 11) is 0. The smallest absolute Gasteiger partial charge is 0.319 e. The predicted octanol–water partition coefficient (Wildman–Crippen LogP) is 3.30. The first kappa shape index (κ1) is 17.1. The van der Waals surface area contributed by atoms with E-state index in [2.05, 4.69) is 5.32 Å². The number of rotatable bonds is 4. The molecule has 0 spiro atoms. The molecule has 1 rings (SSSR count). The SMILES string of the molecule is CCOC(=O)C(C(=O)Nc1cc(C)cc(F)c1)C(C)(C)C. The Morgan fingerprint density at radius 2 is 1.90 bits per heavy atom. The van der Waals surface area contributed by atoms with Crippen molar-refractivity contribution in [2.75, 3.05) is 11.9 Å². The molecule has 1 unspecified atom stereocenters. The number of amides is 1. The maximum absolute atomic E-state index is 13.3. The molecular weight excluding hydrogens is 273 g/mol. The van der Waals surface area contributed by atoms with Crippen molar-refractivity contribution in [3.8, 4) is 0 Å². The summed E-state index contributed by atoms with van der Waals surface area (Å²) in [5.74, 6) is -2.46. The number of hydrogen-bond donors (Lipinski definition) is 1. The van der Waals surface area contributed by atoms with Gasteiger partial charge < -0.3 is 10.1 Å². The van der Waals surface area contributed by atoms with Gasteiger partial charge in [0.15, 0.2) is 0 Å². The Balaban J connectivity index is 2.98. The van der Waals surface area contributed by atoms with Crippen molar-refractivity contribution in [1.82, 2.24) is 0 Å². The van der Waals surface area contributed by atoms with E-state index in [0.717, 1.165) is 0 Å². The second-order valence-corrected chi connectivity index (χ2v) is 6.06. The molecule has 1 N–H and O–H groups in total. The van der Waals surface area contributed by atoms with Crippen LogP contribution >= 0.6 is 0 Å². The summed E-state index contributed by atoms with van der Waals surface area (Å²) in [5.41, 5.74) is 0.420. The molecule has 1 aromatic carbocycles. The van der Waals surface area contributed by atoms with Crippen molar-refractivity contribution in [3.05, 3.63) is 29.6 Å². The number of hydrogen-bond acceptors (Lipinski definition) is 3. The Labute approximate surface area is 124 Å². The normalized spacial score (nSPS) is 12.7. The Bertz CT molecular complexity index is 515. The Hall–Kier alpha value is -1.91. The van der Waals surface area contributed by atoms with E-state index in [1.54, 1.807) is 40.7 Å². The van der Waals surface area contributed by atoms with Gasteiger partial charge >= 0.3 is 5.97 Å². The Morgan fingerprint density at radius 3 is 2.38 bits per heavy atom. The minimum Gasteiger partial charge on any atom is -0.465 e. The molecule has 0 bridgehead atoms. The van der Waals surface area contributed by atoms with Gasteiger partial charge in [-0.15, -0.1) is 0 Å². The molecule has 1 atom stereocenters. The first-order chi connectivity index (χ1) is 9.65.